The molecular formula is C13H18BrNOS. The van der Waals surface area contributed by atoms with E-state index in [-0.39, 0.29) is 5.78 Å². The van der Waals surface area contributed by atoms with Crippen LogP contribution in [0.3, 0.4) is 0 Å². The molecule has 4 heteroatoms. The largest absolute Gasteiger partial charge is 0.295 e. The number of hydrogen-bond donors (Lipinski definition) is 0. The summed E-state index contributed by atoms with van der Waals surface area (Å²) >= 11 is 4.93. The Bertz CT molecular complexity index is 391. The van der Waals surface area contributed by atoms with Gasteiger partial charge in [0.05, 0.1) is 15.2 Å². The lowest BCUT2D eigenvalue weighted by Gasteiger charge is -2.14. The van der Waals surface area contributed by atoms with E-state index < -0.39 is 0 Å². The molecule has 1 fully saturated rings. The zero-order valence-electron chi connectivity index (χ0n) is 10.1. The highest BCUT2D eigenvalue weighted by molar-refractivity contribution is 9.11. The van der Waals surface area contributed by atoms with Gasteiger partial charge in [-0.05, 0) is 53.4 Å². The van der Waals surface area contributed by atoms with Crippen molar-refractivity contribution in [2.24, 2.45) is 5.92 Å². The Balaban J connectivity index is 1.84. The minimum atomic E-state index is 0.262. The standard InChI is InChI=1S/C13H18BrNOS/c1-2-3-10-6-7-15(8-10)9-11(16)12-4-5-13(14)17-12/h4-5,10H,2-3,6-9H2,1H3. The first-order valence-corrected chi connectivity index (χ1v) is 7.81. The van der Waals surface area contributed by atoms with E-state index in [9.17, 15) is 4.79 Å². The zero-order chi connectivity index (χ0) is 12.3. The summed E-state index contributed by atoms with van der Waals surface area (Å²) in [6, 6.07) is 3.86. The highest BCUT2D eigenvalue weighted by Gasteiger charge is 2.23. The van der Waals surface area contributed by atoms with Crippen molar-refractivity contribution < 1.29 is 4.79 Å². The number of thiophene rings is 1. The molecule has 0 radical (unpaired) electrons. The summed E-state index contributed by atoms with van der Waals surface area (Å²) in [7, 11) is 0. The fourth-order valence-corrected chi connectivity index (χ4v) is 3.76. The van der Waals surface area contributed by atoms with Gasteiger partial charge in [0, 0.05) is 6.54 Å². The summed E-state index contributed by atoms with van der Waals surface area (Å²) in [5.41, 5.74) is 0. The fourth-order valence-electron chi connectivity index (χ4n) is 2.45. The van der Waals surface area contributed by atoms with Gasteiger partial charge in [0.2, 0.25) is 0 Å². The molecule has 2 heterocycles. The van der Waals surface area contributed by atoms with Crippen LogP contribution in [-0.4, -0.2) is 30.3 Å². The van der Waals surface area contributed by atoms with E-state index >= 15 is 0 Å². The van der Waals surface area contributed by atoms with Gasteiger partial charge in [0.15, 0.2) is 5.78 Å². The van der Waals surface area contributed by atoms with Gasteiger partial charge in [-0.1, -0.05) is 13.3 Å². The summed E-state index contributed by atoms with van der Waals surface area (Å²) in [6.07, 6.45) is 3.81. The average Bonchev–Trinajstić information content (AvgIpc) is 2.88. The maximum absolute atomic E-state index is 12.0. The number of carbonyl (C=O) groups is 1. The van der Waals surface area contributed by atoms with Crippen molar-refractivity contribution >= 4 is 33.0 Å². The van der Waals surface area contributed by atoms with Gasteiger partial charge in [-0.2, -0.15) is 0 Å². The summed E-state index contributed by atoms with van der Waals surface area (Å²) in [6.45, 7) is 5.01. The van der Waals surface area contributed by atoms with Crippen molar-refractivity contribution in [1.29, 1.82) is 0 Å². The number of nitrogens with zero attached hydrogens (tertiary/aromatic N) is 1. The maximum atomic E-state index is 12.0. The third-order valence-electron chi connectivity index (χ3n) is 3.28. The lowest BCUT2D eigenvalue weighted by Crippen LogP contribution is -2.27. The monoisotopic (exact) mass is 315 g/mol. The van der Waals surface area contributed by atoms with Gasteiger partial charge in [-0.3, -0.25) is 9.69 Å². The van der Waals surface area contributed by atoms with Gasteiger partial charge in [0.25, 0.3) is 0 Å². The van der Waals surface area contributed by atoms with Crippen LogP contribution in [0.2, 0.25) is 0 Å². The van der Waals surface area contributed by atoms with Crippen LogP contribution in [-0.2, 0) is 0 Å². The molecule has 1 aromatic rings. The molecule has 0 amide bonds. The van der Waals surface area contributed by atoms with Crippen LogP contribution in [0.15, 0.2) is 15.9 Å². The summed E-state index contributed by atoms with van der Waals surface area (Å²) in [5, 5.41) is 0. The van der Waals surface area contributed by atoms with Gasteiger partial charge in [-0.15, -0.1) is 11.3 Å². The molecule has 2 nitrogen and oxygen atoms in total. The summed E-state index contributed by atoms with van der Waals surface area (Å²) in [5.74, 6) is 1.07. The molecule has 0 N–H and O–H groups in total. The van der Waals surface area contributed by atoms with Crippen LogP contribution in [0.4, 0.5) is 0 Å². The molecule has 1 atom stereocenters. The SMILES string of the molecule is CCCC1CCN(CC(=O)c2ccc(Br)s2)C1. The van der Waals surface area contributed by atoms with Crippen LogP contribution in [0.5, 0.6) is 0 Å². The van der Waals surface area contributed by atoms with Gasteiger partial charge in [0.1, 0.15) is 0 Å². The van der Waals surface area contributed by atoms with E-state index in [1.54, 1.807) is 0 Å². The lowest BCUT2D eigenvalue weighted by molar-refractivity contribution is 0.0947. The first-order chi connectivity index (χ1) is 8.19. The van der Waals surface area contributed by atoms with E-state index in [1.165, 1.54) is 30.6 Å². The molecule has 0 bridgehead atoms. The molecule has 1 saturated heterocycles. The second-order valence-corrected chi connectivity index (χ2v) is 7.17. The molecular weight excluding hydrogens is 298 g/mol. The highest BCUT2D eigenvalue weighted by Crippen LogP contribution is 2.24. The quantitative estimate of drug-likeness (QED) is 0.770. The van der Waals surface area contributed by atoms with E-state index in [4.69, 9.17) is 0 Å². The number of carbonyl (C=O) groups excluding carboxylic acids is 1. The fraction of sp³-hybridized carbons (Fsp3) is 0.615. The highest BCUT2D eigenvalue weighted by atomic mass is 79.9. The second kappa shape index (κ2) is 6.12. The van der Waals surface area contributed by atoms with Crippen LogP contribution in [0, 0.1) is 5.92 Å². The number of hydrogen-bond acceptors (Lipinski definition) is 3. The Morgan fingerprint density at radius 3 is 3.06 bits per heavy atom. The molecule has 2 rings (SSSR count). The maximum Gasteiger partial charge on any atom is 0.186 e. The lowest BCUT2D eigenvalue weighted by atomic mass is 10.0. The number of ketones is 1. The Morgan fingerprint density at radius 2 is 2.41 bits per heavy atom. The third kappa shape index (κ3) is 3.63. The van der Waals surface area contributed by atoms with Crippen LogP contribution < -0.4 is 0 Å². The Kier molecular flexibility index (Phi) is 4.77. The minimum absolute atomic E-state index is 0.262. The molecule has 94 valence electrons. The Labute approximate surface area is 115 Å². The van der Waals surface area contributed by atoms with Crippen molar-refractivity contribution in [3.05, 3.63) is 20.8 Å². The number of likely N-dealkylation sites (tertiary alicyclic amines) is 1. The normalized spacial score (nSPS) is 20.9. The molecule has 17 heavy (non-hydrogen) atoms. The van der Waals surface area contributed by atoms with Crippen LogP contribution >= 0.6 is 27.3 Å². The second-order valence-electron chi connectivity index (χ2n) is 4.71. The predicted octanol–water partition coefficient (Wildman–Crippen LogP) is 3.82. The van der Waals surface area contributed by atoms with E-state index in [0.29, 0.717) is 6.54 Å². The van der Waals surface area contributed by atoms with Crippen LogP contribution in [0.25, 0.3) is 0 Å². The molecule has 0 saturated carbocycles. The number of Topliss-reactive ketones (excluding diaryl/α,β-unsaturated/α-hetero) is 1. The topological polar surface area (TPSA) is 20.3 Å². The molecule has 0 aliphatic carbocycles. The molecule has 0 aromatic carbocycles. The van der Waals surface area contributed by atoms with Gasteiger partial charge >= 0.3 is 0 Å². The Hall–Kier alpha value is -0.190. The molecule has 1 aromatic heterocycles. The van der Waals surface area contributed by atoms with Crippen LogP contribution in [0.1, 0.15) is 35.9 Å². The minimum Gasteiger partial charge on any atom is -0.295 e. The first kappa shape index (κ1) is 13.2. The average molecular weight is 316 g/mol. The van der Waals surface area contributed by atoms with Crippen molar-refractivity contribution in [2.45, 2.75) is 26.2 Å². The Morgan fingerprint density at radius 1 is 1.59 bits per heavy atom. The number of rotatable bonds is 5. The van der Waals surface area contributed by atoms with E-state index in [2.05, 4.69) is 27.8 Å². The third-order valence-corrected chi connectivity index (χ3v) is 4.95. The predicted molar refractivity (Wildman–Crippen MR) is 75.8 cm³/mol. The van der Waals surface area contributed by atoms with E-state index in [1.807, 2.05) is 12.1 Å². The first-order valence-electron chi connectivity index (χ1n) is 6.20. The molecule has 1 unspecified atom stereocenters. The van der Waals surface area contributed by atoms with Crippen molar-refractivity contribution in [2.75, 3.05) is 19.6 Å². The molecule has 0 spiro atoms. The molecule has 1 aliphatic rings. The van der Waals surface area contributed by atoms with Crippen molar-refractivity contribution in [3.8, 4) is 0 Å². The van der Waals surface area contributed by atoms with Crippen molar-refractivity contribution in [3.63, 3.8) is 0 Å². The summed E-state index contributed by atoms with van der Waals surface area (Å²) < 4.78 is 1.03. The van der Waals surface area contributed by atoms with E-state index in [0.717, 1.165) is 27.7 Å². The zero-order valence-corrected chi connectivity index (χ0v) is 12.5. The molecule has 1 aliphatic heterocycles. The smallest absolute Gasteiger partial charge is 0.186 e. The van der Waals surface area contributed by atoms with Crippen molar-refractivity contribution in [1.82, 2.24) is 4.90 Å². The van der Waals surface area contributed by atoms with Gasteiger partial charge < -0.3 is 0 Å². The van der Waals surface area contributed by atoms with Gasteiger partial charge in [-0.25, -0.2) is 0 Å². The number of halogens is 1. The summed E-state index contributed by atoms with van der Waals surface area (Å²) in [4.78, 5) is 15.2.